The summed E-state index contributed by atoms with van der Waals surface area (Å²) < 4.78 is 0. The monoisotopic (exact) mass is 190 g/mol. The van der Waals surface area contributed by atoms with Crippen LogP contribution in [0.2, 0.25) is 0 Å². The lowest BCUT2D eigenvalue weighted by atomic mass is 9.63. The summed E-state index contributed by atoms with van der Waals surface area (Å²) in [6.45, 7) is 0.340. The van der Waals surface area contributed by atoms with Crippen LogP contribution in [0.1, 0.15) is 31.2 Å². The molecule has 1 aromatic rings. The number of rotatable bonds is 4. The van der Waals surface area contributed by atoms with Crippen molar-refractivity contribution in [1.29, 1.82) is 0 Å². The van der Waals surface area contributed by atoms with Crippen molar-refractivity contribution >= 4 is 0 Å². The average Bonchev–Trinajstić information content (AvgIpc) is 2.16. The zero-order valence-electron chi connectivity index (χ0n) is 8.58. The quantitative estimate of drug-likeness (QED) is 0.774. The number of hydrogen-bond donors (Lipinski definition) is 1. The molecule has 1 fully saturated rings. The number of aliphatic hydroxyl groups is 1. The lowest BCUT2D eigenvalue weighted by Crippen LogP contribution is -2.32. The lowest BCUT2D eigenvalue weighted by molar-refractivity contribution is 0.0876. The summed E-state index contributed by atoms with van der Waals surface area (Å²) in [6.07, 6.45) is 6.05. The van der Waals surface area contributed by atoms with Gasteiger partial charge in [-0.05, 0) is 36.7 Å². The fourth-order valence-corrected chi connectivity index (χ4v) is 2.46. The van der Waals surface area contributed by atoms with E-state index in [-0.39, 0.29) is 0 Å². The molecule has 76 valence electrons. The predicted molar refractivity (Wildman–Crippen MR) is 58.1 cm³/mol. The molecule has 0 radical (unpaired) electrons. The third kappa shape index (κ3) is 1.98. The summed E-state index contributed by atoms with van der Waals surface area (Å²) in [7, 11) is 0. The molecule has 2 rings (SSSR count). The Morgan fingerprint density at radius 1 is 1.14 bits per heavy atom. The molecule has 0 amide bonds. The fourth-order valence-electron chi connectivity index (χ4n) is 2.46. The normalized spacial score (nSPS) is 18.9. The lowest BCUT2D eigenvalue weighted by Gasteiger charge is -2.42. The third-order valence-electron chi connectivity index (χ3n) is 3.48. The standard InChI is InChI=1S/C13H18O/c14-10-9-13(7-4-8-13)11-12-5-2-1-3-6-12/h1-3,5-6,14H,4,7-11H2. The van der Waals surface area contributed by atoms with Crippen LogP contribution in [0.25, 0.3) is 0 Å². The van der Waals surface area contributed by atoms with Gasteiger partial charge in [0.25, 0.3) is 0 Å². The van der Waals surface area contributed by atoms with Gasteiger partial charge in [-0.15, -0.1) is 0 Å². The second-order valence-corrected chi connectivity index (χ2v) is 4.49. The molecule has 1 nitrogen and oxygen atoms in total. The van der Waals surface area contributed by atoms with Crippen LogP contribution in [0.15, 0.2) is 30.3 Å². The van der Waals surface area contributed by atoms with Crippen LogP contribution < -0.4 is 0 Å². The molecular weight excluding hydrogens is 172 g/mol. The van der Waals surface area contributed by atoms with Crippen molar-refractivity contribution < 1.29 is 5.11 Å². The Morgan fingerprint density at radius 3 is 2.36 bits per heavy atom. The molecule has 1 aliphatic carbocycles. The van der Waals surface area contributed by atoms with Gasteiger partial charge in [0.1, 0.15) is 0 Å². The molecule has 0 aromatic heterocycles. The van der Waals surface area contributed by atoms with Gasteiger partial charge < -0.3 is 5.11 Å². The zero-order valence-corrected chi connectivity index (χ0v) is 8.58. The predicted octanol–water partition coefficient (Wildman–Crippen LogP) is 2.78. The van der Waals surface area contributed by atoms with Crippen molar-refractivity contribution in [2.75, 3.05) is 6.61 Å². The number of aliphatic hydroxyl groups excluding tert-OH is 1. The number of benzene rings is 1. The molecule has 1 heteroatoms. The van der Waals surface area contributed by atoms with E-state index in [2.05, 4.69) is 30.3 Å². The Balaban J connectivity index is 2.01. The van der Waals surface area contributed by atoms with E-state index < -0.39 is 0 Å². The molecule has 1 N–H and O–H groups in total. The minimum Gasteiger partial charge on any atom is -0.396 e. The molecule has 1 aromatic carbocycles. The molecule has 1 saturated carbocycles. The minimum absolute atomic E-state index is 0.340. The van der Waals surface area contributed by atoms with Gasteiger partial charge in [-0.2, -0.15) is 0 Å². The van der Waals surface area contributed by atoms with Crippen LogP contribution in [0, 0.1) is 5.41 Å². The highest BCUT2D eigenvalue weighted by molar-refractivity contribution is 5.17. The van der Waals surface area contributed by atoms with Crippen LogP contribution in [0.3, 0.4) is 0 Å². The molecule has 14 heavy (non-hydrogen) atoms. The first-order valence-corrected chi connectivity index (χ1v) is 5.49. The molecule has 0 heterocycles. The summed E-state index contributed by atoms with van der Waals surface area (Å²) in [6, 6.07) is 10.6. The van der Waals surface area contributed by atoms with Gasteiger partial charge in [0.15, 0.2) is 0 Å². The van der Waals surface area contributed by atoms with Crippen molar-refractivity contribution in [2.24, 2.45) is 5.41 Å². The largest absolute Gasteiger partial charge is 0.396 e. The Kier molecular flexibility index (Phi) is 2.87. The SMILES string of the molecule is OCCC1(Cc2ccccc2)CCC1. The molecule has 0 aliphatic heterocycles. The highest BCUT2D eigenvalue weighted by atomic mass is 16.3. The van der Waals surface area contributed by atoms with Crippen LogP contribution in [-0.2, 0) is 6.42 Å². The molecule has 0 bridgehead atoms. The second-order valence-electron chi connectivity index (χ2n) is 4.49. The third-order valence-corrected chi connectivity index (χ3v) is 3.48. The molecule has 0 atom stereocenters. The molecule has 1 aliphatic rings. The Morgan fingerprint density at radius 2 is 1.86 bits per heavy atom. The zero-order chi connectivity index (χ0) is 9.86. The van der Waals surface area contributed by atoms with Crippen molar-refractivity contribution in [3.8, 4) is 0 Å². The van der Waals surface area contributed by atoms with Crippen molar-refractivity contribution in [2.45, 2.75) is 32.1 Å². The highest BCUT2D eigenvalue weighted by Gasteiger charge is 2.35. The average molecular weight is 190 g/mol. The van der Waals surface area contributed by atoms with E-state index in [0.29, 0.717) is 12.0 Å². The van der Waals surface area contributed by atoms with Crippen molar-refractivity contribution in [3.63, 3.8) is 0 Å². The van der Waals surface area contributed by atoms with Gasteiger partial charge in [0, 0.05) is 6.61 Å². The minimum atomic E-state index is 0.340. The van der Waals surface area contributed by atoms with Crippen molar-refractivity contribution in [1.82, 2.24) is 0 Å². The van der Waals surface area contributed by atoms with Crippen LogP contribution in [0.4, 0.5) is 0 Å². The van der Waals surface area contributed by atoms with Gasteiger partial charge >= 0.3 is 0 Å². The van der Waals surface area contributed by atoms with E-state index in [9.17, 15) is 0 Å². The van der Waals surface area contributed by atoms with E-state index in [1.54, 1.807) is 0 Å². The van der Waals surface area contributed by atoms with Crippen molar-refractivity contribution in [3.05, 3.63) is 35.9 Å². The van der Waals surface area contributed by atoms with Gasteiger partial charge in [-0.25, -0.2) is 0 Å². The Hall–Kier alpha value is -0.820. The van der Waals surface area contributed by atoms with Crippen LogP contribution in [-0.4, -0.2) is 11.7 Å². The van der Waals surface area contributed by atoms with E-state index in [4.69, 9.17) is 5.11 Å². The van der Waals surface area contributed by atoms with E-state index in [1.807, 2.05) is 0 Å². The first-order valence-electron chi connectivity index (χ1n) is 5.49. The van der Waals surface area contributed by atoms with E-state index >= 15 is 0 Å². The van der Waals surface area contributed by atoms with Crippen LogP contribution in [0.5, 0.6) is 0 Å². The maximum atomic E-state index is 9.04. The van der Waals surface area contributed by atoms with Gasteiger partial charge in [0.05, 0.1) is 0 Å². The smallest absolute Gasteiger partial charge is 0.0436 e. The molecule has 0 spiro atoms. The highest BCUT2D eigenvalue weighted by Crippen LogP contribution is 2.46. The summed E-state index contributed by atoms with van der Waals surface area (Å²) in [4.78, 5) is 0. The summed E-state index contributed by atoms with van der Waals surface area (Å²) >= 11 is 0. The Bertz CT molecular complexity index is 275. The topological polar surface area (TPSA) is 20.2 Å². The number of hydrogen-bond acceptors (Lipinski definition) is 1. The van der Waals surface area contributed by atoms with Gasteiger partial charge in [0.2, 0.25) is 0 Å². The molecule has 0 unspecified atom stereocenters. The van der Waals surface area contributed by atoms with E-state index in [1.165, 1.54) is 24.8 Å². The first-order chi connectivity index (χ1) is 6.85. The van der Waals surface area contributed by atoms with Crippen LogP contribution >= 0.6 is 0 Å². The maximum absolute atomic E-state index is 9.04. The first kappa shape index (κ1) is 9.72. The van der Waals surface area contributed by atoms with Gasteiger partial charge in [-0.3, -0.25) is 0 Å². The fraction of sp³-hybridized carbons (Fsp3) is 0.538. The Labute approximate surface area is 85.8 Å². The molecule has 0 saturated heterocycles. The van der Waals surface area contributed by atoms with E-state index in [0.717, 1.165) is 12.8 Å². The second kappa shape index (κ2) is 4.14. The summed E-state index contributed by atoms with van der Waals surface area (Å²) in [5.41, 5.74) is 1.84. The maximum Gasteiger partial charge on any atom is 0.0436 e. The van der Waals surface area contributed by atoms with Gasteiger partial charge in [-0.1, -0.05) is 36.8 Å². The summed E-state index contributed by atoms with van der Waals surface area (Å²) in [5, 5.41) is 9.04. The summed E-state index contributed by atoms with van der Waals surface area (Å²) in [5.74, 6) is 0. The molecular formula is C13H18O.